The second-order valence-corrected chi connectivity index (χ2v) is 11.1. The summed E-state index contributed by atoms with van der Waals surface area (Å²) in [6, 6.07) is 22.6. The first-order chi connectivity index (χ1) is 16.8. The number of amides is 1. The van der Waals surface area contributed by atoms with Crippen molar-refractivity contribution in [1.29, 1.82) is 5.26 Å². The van der Waals surface area contributed by atoms with Crippen molar-refractivity contribution in [2.45, 2.75) is 44.3 Å². The summed E-state index contributed by atoms with van der Waals surface area (Å²) in [4.78, 5) is 15.5. The lowest BCUT2D eigenvalue weighted by molar-refractivity contribution is 0.0950. The highest BCUT2D eigenvalue weighted by Crippen LogP contribution is 2.31. The lowest BCUT2D eigenvalue weighted by atomic mass is 9.91. The Labute approximate surface area is 207 Å². The van der Waals surface area contributed by atoms with E-state index in [1.807, 2.05) is 42.5 Å². The van der Waals surface area contributed by atoms with E-state index in [1.165, 1.54) is 16.7 Å². The number of carbonyl (C=O) groups is 1. The Balaban J connectivity index is 1.38. The van der Waals surface area contributed by atoms with Gasteiger partial charge in [0, 0.05) is 31.2 Å². The Hall–Kier alpha value is -3.47. The van der Waals surface area contributed by atoms with Crippen LogP contribution in [0.5, 0.6) is 0 Å². The molecule has 0 saturated carbocycles. The van der Waals surface area contributed by atoms with Crippen LogP contribution < -0.4 is 5.32 Å². The number of nitriles is 1. The standard InChI is InChI=1S/C28H29N3O3S/c1-3-35(33,34)26-11-8-22(9-12-26)18-30-28(32)25-10-13-27-20(2)31(15-14-24(27)16-25)19-23-6-4-21(17-29)5-7-23/h4-13,16,20H,3,14-15,18-19H2,1-2H3,(H,30,32). The second kappa shape index (κ2) is 10.4. The number of benzene rings is 3. The molecule has 1 N–H and O–H groups in total. The van der Waals surface area contributed by atoms with E-state index in [9.17, 15) is 13.2 Å². The summed E-state index contributed by atoms with van der Waals surface area (Å²) in [5, 5.41) is 11.9. The summed E-state index contributed by atoms with van der Waals surface area (Å²) >= 11 is 0. The number of nitrogens with one attached hydrogen (secondary N) is 1. The molecule has 1 atom stereocenters. The first-order valence-corrected chi connectivity index (χ1v) is 13.4. The number of sulfone groups is 1. The zero-order valence-corrected chi connectivity index (χ0v) is 20.8. The number of hydrogen-bond donors (Lipinski definition) is 1. The van der Waals surface area contributed by atoms with Crippen LogP contribution in [0, 0.1) is 11.3 Å². The molecule has 1 amide bonds. The first-order valence-electron chi connectivity index (χ1n) is 11.8. The van der Waals surface area contributed by atoms with Gasteiger partial charge in [0.25, 0.3) is 5.91 Å². The number of fused-ring (bicyclic) bond motifs is 1. The third-order valence-electron chi connectivity index (χ3n) is 6.66. The normalized spacial score (nSPS) is 15.7. The third-order valence-corrected chi connectivity index (χ3v) is 8.41. The van der Waals surface area contributed by atoms with Crippen molar-refractivity contribution < 1.29 is 13.2 Å². The van der Waals surface area contributed by atoms with Crippen LogP contribution in [0.1, 0.15) is 58.1 Å². The minimum absolute atomic E-state index is 0.0627. The molecule has 1 unspecified atom stereocenters. The Bertz CT molecular complexity index is 1360. The molecule has 0 saturated heterocycles. The van der Waals surface area contributed by atoms with Gasteiger partial charge < -0.3 is 5.32 Å². The maximum atomic E-state index is 12.8. The van der Waals surface area contributed by atoms with Crippen LogP contribution >= 0.6 is 0 Å². The molecular weight excluding hydrogens is 458 g/mol. The van der Waals surface area contributed by atoms with Gasteiger partial charge >= 0.3 is 0 Å². The summed E-state index contributed by atoms with van der Waals surface area (Å²) in [5.41, 5.74) is 5.73. The van der Waals surface area contributed by atoms with Crippen molar-refractivity contribution >= 4 is 15.7 Å². The lowest BCUT2D eigenvalue weighted by Crippen LogP contribution is -2.34. The smallest absolute Gasteiger partial charge is 0.251 e. The molecule has 0 fully saturated rings. The molecule has 0 aromatic heterocycles. The molecular formula is C28H29N3O3S. The minimum atomic E-state index is -3.23. The van der Waals surface area contributed by atoms with Crippen LogP contribution in [0.3, 0.4) is 0 Å². The van der Waals surface area contributed by atoms with Gasteiger partial charge in [0.05, 0.1) is 22.3 Å². The third kappa shape index (κ3) is 5.61. The molecule has 180 valence electrons. The fourth-order valence-corrected chi connectivity index (χ4v) is 5.31. The lowest BCUT2D eigenvalue weighted by Gasteiger charge is -2.35. The molecule has 35 heavy (non-hydrogen) atoms. The highest BCUT2D eigenvalue weighted by molar-refractivity contribution is 7.91. The van der Waals surface area contributed by atoms with Crippen LogP contribution in [0.2, 0.25) is 0 Å². The Kier molecular flexibility index (Phi) is 7.34. The van der Waals surface area contributed by atoms with E-state index in [0.29, 0.717) is 22.6 Å². The van der Waals surface area contributed by atoms with Crippen LogP contribution in [0.25, 0.3) is 0 Å². The second-order valence-electron chi connectivity index (χ2n) is 8.85. The predicted octanol–water partition coefficient (Wildman–Crippen LogP) is 4.40. The summed E-state index contributed by atoms with van der Waals surface area (Å²) < 4.78 is 23.9. The van der Waals surface area contributed by atoms with Gasteiger partial charge in [0.2, 0.25) is 0 Å². The van der Waals surface area contributed by atoms with Crippen molar-refractivity contribution in [2.24, 2.45) is 0 Å². The highest BCUT2D eigenvalue weighted by Gasteiger charge is 2.24. The fraction of sp³-hybridized carbons (Fsp3) is 0.286. The highest BCUT2D eigenvalue weighted by atomic mass is 32.2. The first kappa shape index (κ1) is 24.6. The van der Waals surface area contributed by atoms with Crippen molar-refractivity contribution in [3.05, 3.63) is 100 Å². The largest absolute Gasteiger partial charge is 0.348 e. The maximum Gasteiger partial charge on any atom is 0.251 e. The monoisotopic (exact) mass is 487 g/mol. The minimum Gasteiger partial charge on any atom is -0.348 e. The molecule has 6 nitrogen and oxygen atoms in total. The van der Waals surface area contributed by atoms with Gasteiger partial charge in [-0.25, -0.2) is 8.42 Å². The number of carbonyl (C=O) groups excluding carboxylic acids is 1. The summed E-state index contributed by atoms with van der Waals surface area (Å²) in [7, 11) is -3.23. The SMILES string of the molecule is CCS(=O)(=O)c1ccc(CNC(=O)c2ccc3c(c2)CCN(Cc2ccc(C#N)cc2)C3C)cc1. The Morgan fingerprint density at radius 2 is 1.74 bits per heavy atom. The zero-order chi connectivity index (χ0) is 25.0. The molecule has 1 aliphatic heterocycles. The van der Waals surface area contributed by atoms with Crippen LogP contribution in [0.15, 0.2) is 71.6 Å². The predicted molar refractivity (Wildman–Crippen MR) is 135 cm³/mol. The van der Waals surface area contributed by atoms with Crippen LogP contribution in [0.4, 0.5) is 0 Å². The van der Waals surface area contributed by atoms with Gasteiger partial charge in [-0.05, 0) is 72.0 Å². The van der Waals surface area contributed by atoms with Gasteiger partial charge in [-0.2, -0.15) is 5.26 Å². The Morgan fingerprint density at radius 1 is 1.06 bits per heavy atom. The molecule has 0 aliphatic carbocycles. The molecule has 0 bridgehead atoms. The van der Waals surface area contributed by atoms with Crippen LogP contribution in [-0.2, 0) is 29.3 Å². The summed E-state index contributed by atoms with van der Waals surface area (Å²) in [6.07, 6.45) is 0.866. The van der Waals surface area contributed by atoms with E-state index in [4.69, 9.17) is 5.26 Å². The number of hydrogen-bond acceptors (Lipinski definition) is 5. The number of rotatable bonds is 7. The molecule has 0 radical (unpaired) electrons. The van der Waals surface area contributed by atoms with E-state index in [2.05, 4.69) is 23.2 Å². The average Bonchev–Trinajstić information content (AvgIpc) is 2.89. The quantitative estimate of drug-likeness (QED) is 0.533. The number of nitrogens with zero attached hydrogens (tertiary/aromatic N) is 2. The molecule has 3 aromatic carbocycles. The van der Waals surface area contributed by atoms with E-state index in [0.717, 1.165) is 25.1 Å². The fourth-order valence-electron chi connectivity index (χ4n) is 4.43. The van der Waals surface area contributed by atoms with Gasteiger partial charge in [-0.3, -0.25) is 9.69 Å². The maximum absolute atomic E-state index is 12.8. The Morgan fingerprint density at radius 3 is 2.40 bits per heavy atom. The van der Waals surface area contributed by atoms with Crippen molar-refractivity contribution in [3.8, 4) is 6.07 Å². The topological polar surface area (TPSA) is 90.3 Å². The summed E-state index contributed by atoms with van der Waals surface area (Å²) in [5.74, 6) is -0.0848. The summed E-state index contributed by atoms with van der Waals surface area (Å²) in [6.45, 7) is 5.84. The molecule has 4 rings (SSSR count). The van der Waals surface area contributed by atoms with Gasteiger partial charge in [-0.1, -0.05) is 37.3 Å². The zero-order valence-electron chi connectivity index (χ0n) is 20.0. The van der Waals surface area contributed by atoms with Gasteiger partial charge in [0.15, 0.2) is 9.84 Å². The molecule has 7 heteroatoms. The van der Waals surface area contributed by atoms with Crippen LogP contribution in [-0.4, -0.2) is 31.5 Å². The van der Waals surface area contributed by atoms with Crippen molar-refractivity contribution in [3.63, 3.8) is 0 Å². The van der Waals surface area contributed by atoms with E-state index >= 15 is 0 Å². The average molecular weight is 488 g/mol. The molecule has 3 aromatic rings. The van der Waals surface area contributed by atoms with Crippen molar-refractivity contribution in [2.75, 3.05) is 12.3 Å². The van der Waals surface area contributed by atoms with Gasteiger partial charge in [0.1, 0.15) is 0 Å². The molecule has 1 aliphatic rings. The van der Waals surface area contributed by atoms with E-state index < -0.39 is 9.84 Å². The molecule has 1 heterocycles. The van der Waals surface area contributed by atoms with Crippen molar-refractivity contribution in [1.82, 2.24) is 10.2 Å². The molecule has 0 spiro atoms. The van der Waals surface area contributed by atoms with Gasteiger partial charge in [-0.15, -0.1) is 0 Å². The van der Waals surface area contributed by atoms with E-state index in [-0.39, 0.29) is 17.7 Å². The van der Waals surface area contributed by atoms with E-state index in [1.54, 1.807) is 31.2 Å².